The van der Waals surface area contributed by atoms with Crippen LogP contribution < -0.4 is 11.5 Å². The summed E-state index contributed by atoms with van der Waals surface area (Å²) >= 11 is 0. The minimum Gasteiger partial charge on any atom is -0.399 e. The quantitative estimate of drug-likeness (QED) is 0.697. The summed E-state index contributed by atoms with van der Waals surface area (Å²) in [5, 5.41) is 8.36. The molecule has 5 nitrogen and oxygen atoms in total. The number of nitrogens with zero attached hydrogens (tertiary/aromatic N) is 3. The van der Waals surface area contributed by atoms with Crippen LogP contribution in [0.1, 0.15) is 12.2 Å². The van der Waals surface area contributed by atoms with E-state index in [1.807, 2.05) is 12.1 Å². The highest BCUT2D eigenvalue weighted by Crippen LogP contribution is 2.26. The standard InChI is InChI=1S/C11H13N5/c12-8-4-7(5-9(13)6-8)11-15-14-10-2-1-3-16(10)11/h4-6H,1-3,12-13H2. The third-order valence-corrected chi connectivity index (χ3v) is 2.85. The lowest BCUT2D eigenvalue weighted by Gasteiger charge is -2.05. The number of nitrogens with two attached hydrogens (primary N) is 2. The van der Waals surface area contributed by atoms with Gasteiger partial charge in [0.25, 0.3) is 0 Å². The van der Waals surface area contributed by atoms with Gasteiger partial charge in [-0.15, -0.1) is 10.2 Å². The zero-order chi connectivity index (χ0) is 11.1. The Morgan fingerprint density at radius 3 is 2.56 bits per heavy atom. The molecule has 0 unspecified atom stereocenters. The fourth-order valence-electron chi connectivity index (χ4n) is 2.17. The van der Waals surface area contributed by atoms with Crippen molar-refractivity contribution in [3.8, 4) is 11.4 Å². The van der Waals surface area contributed by atoms with Crippen molar-refractivity contribution >= 4 is 11.4 Å². The van der Waals surface area contributed by atoms with Gasteiger partial charge < -0.3 is 16.0 Å². The maximum atomic E-state index is 5.77. The summed E-state index contributed by atoms with van der Waals surface area (Å²) in [4.78, 5) is 0. The Morgan fingerprint density at radius 2 is 1.81 bits per heavy atom. The van der Waals surface area contributed by atoms with Crippen LogP contribution in [0.3, 0.4) is 0 Å². The molecule has 2 heterocycles. The maximum absolute atomic E-state index is 5.77. The highest BCUT2D eigenvalue weighted by molar-refractivity contribution is 5.68. The summed E-state index contributed by atoms with van der Waals surface area (Å²) in [6.45, 7) is 0.979. The van der Waals surface area contributed by atoms with Crippen molar-refractivity contribution in [3.05, 3.63) is 24.0 Å². The van der Waals surface area contributed by atoms with Gasteiger partial charge in [0.15, 0.2) is 5.82 Å². The molecule has 3 rings (SSSR count). The van der Waals surface area contributed by atoms with E-state index in [2.05, 4.69) is 14.8 Å². The van der Waals surface area contributed by atoms with Crippen LogP contribution in [0.25, 0.3) is 11.4 Å². The summed E-state index contributed by atoms with van der Waals surface area (Å²) in [6, 6.07) is 5.50. The van der Waals surface area contributed by atoms with Gasteiger partial charge in [-0.1, -0.05) is 0 Å². The molecule has 4 N–H and O–H groups in total. The minimum absolute atomic E-state index is 0.658. The van der Waals surface area contributed by atoms with Gasteiger partial charge in [-0.05, 0) is 24.6 Å². The van der Waals surface area contributed by atoms with Crippen molar-refractivity contribution in [1.82, 2.24) is 14.8 Å². The Labute approximate surface area is 93.1 Å². The molecule has 0 aliphatic carbocycles. The van der Waals surface area contributed by atoms with Gasteiger partial charge >= 0.3 is 0 Å². The van der Waals surface area contributed by atoms with Crippen molar-refractivity contribution in [2.75, 3.05) is 11.5 Å². The third-order valence-electron chi connectivity index (χ3n) is 2.85. The number of hydrogen-bond acceptors (Lipinski definition) is 4. The number of nitrogen functional groups attached to an aromatic ring is 2. The number of benzene rings is 1. The smallest absolute Gasteiger partial charge is 0.164 e. The SMILES string of the molecule is Nc1cc(N)cc(-c2nnc3n2CCC3)c1. The summed E-state index contributed by atoms with van der Waals surface area (Å²) in [6.07, 6.45) is 2.14. The van der Waals surface area contributed by atoms with Crippen molar-refractivity contribution in [2.24, 2.45) is 0 Å². The Kier molecular flexibility index (Phi) is 1.86. The highest BCUT2D eigenvalue weighted by Gasteiger charge is 2.18. The first-order valence-corrected chi connectivity index (χ1v) is 5.32. The second-order valence-corrected chi connectivity index (χ2v) is 4.08. The molecular formula is C11H13N5. The van der Waals surface area contributed by atoms with Crippen LogP contribution in [0.4, 0.5) is 11.4 Å². The zero-order valence-electron chi connectivity index (χ0n) is 8.85. The molecule has 1 aliphatic rings. The fourth-order valence-corrected chi connectivity index (χ4v) is 2.17. The lowest BCUT2D eigenvalue weighted by atomic mass is 10.1. The molecule has 82 valence electrons. The number of fused-ring (bicyclic) bond motifs is 1. The molecule has 16 heavy (non-hydrogen) atoms. The van der Waals surface area contributed by atoms with Gasteiger partial charge in [-0.3, -0.25) is 0 Å². The first kappa shape index (κ1) is 9.21. The Balaban J connectivity index is 2.15. The molecule has 0 atom stereocenters. The van der Waals surface area contributed by atoms with Crippen LogP contribution >= 0.6 is 0 Å². The first-order chi connectivity index (χ1) is 7.74. The van der Waals surface area contributed by atoms with E-state index in [1.165, 1.54) is 0 Å². The number of aromatic nitrogens is 3. The van der Waals surface area contributed by atoms with E-state index in [4.69, 9.17) is 11.5 Å². The van der Waals surface area contributed by atoms with Crippen LogP contribution in [0.5, 0.6) is 0 Å². The van der Waals surface area contributed by atoms with Gasteiger partial charge in [-0.25, -0.2) is 0 Å². The van der Waals surface area contributed by atoms with E-state index in [1.54, 1.807) is 6.07 Å². The Bertz CT molecular complexity index is 523. The fraction of sp³-hybridized carbons (Fsp3) is 0.273. The second kappa shape index (κ2) is 3.23. The highest BCUT2D eigenvalue weighted by atomic mass is 15.3. The van der Waals surface area contributed by atoms with Gasteiger partial charge in [0.05, 0.1) is 0 Å². The van der Waals surface area contributed by atoms with E-state index < -0.39 is 0 Å². The summed E-state index contributed by atoms with van der Waals surface area (Å²) < 4.78 is 2.13. The van der Waals surface area contributed by atoms with Crippen LogP contribution in [-0.4, -0.2) is 14.8 Å². The number of rotatable bonds is 1. The van der Waals surface area contributed by atoms with E-state index in [0.717, 1.165) is 36.6 Å². The molecular weight excluding hydrogens is 202 g/mol. The first-order valence-electron chi connectivity index (χ1n) is 5.32. The van der Waals surface area contributed by atoms with Gasteiger partial charge in [-0.2, -0.15) is 0 Å². The van der Waals surface area contributed by atoms with Crippen molar-refractivity contribution in [3.63, 3.8) is 0 Å². The molecule has 2 aromatic rings. The molecule has 0 saturated carbocycles. The van der Waals surface area contributed by atoms with E-state index in [9.17, 15) is 0 Å². The topological polar surface area (TPSA) is 82.8 Å². The van der Waals surface area contributed by atoms with Gasteiger partial charge in [0.2, 0.25) is 0 Å². The number of aryl methyl sites for hydroxylation is 1. The molecule has 5 heteroatoms. The molecule has 0 saturated heterocycles. The van der Waals surface area contributed by atoms with E-state index >= 15 is 0 Å². The molecule has 1 aromatic heterocycles. The predicted octanol–water partition coefficient (Wildman–Crippen LogP) is 1.06. The van der Waals surface area contributed by atoms with Gasteiger partial charge in [0.1, 0.15) is 5.82 Å². The Morgan fingerprint density at radius 1 is 1.06 bits per heavy atom. The average Bonchev–Trinajstić information content (AvgIpc) is 2.75. The van der Waals surface area contributed by atoms with E-state index in [0.29, 0.717) is 11.4 Å². The number of hydrogen-bond donors (Lipinski definition) is 2. The lowest BCUT2D eigenvalue weighted by molar-refractivity contribution is 0.748. The monoisotopic (exact) mass is 215 g/mol. The van der Waals surface area contributed by atoms with Crippen LogP contribution in [0, 0.1) is 0 Å². The largest absolute Gasteiger partial charge is 0.399 e. The molecule has 1 aliphatic heterocycles. The summed E-state index contributed by atoms with van der Waals surface area (Å²) in [7, 11) is 0. The predicted molar refractivity (Wildman–Crippen MR) is 62.6 cm³/mol. The lowest BCUT2D eigenvalue weighted by Crippen LogP contribution is -1.98. The summed E-state index contributed by atoms with van der Waals surface area (Å²) in [5.74, 6) is 1.92. The third kappa shape index (κ3) is 1.32. The average molecular weight is 215 g/mol. The van der Waals surface area contributed by atoms with Crippen LogP contribution in [0.2, 0.25) is 0 Å². The molecule has 0 spiro atoms. The normalized spacial score (nSPS) is 14.0. The maximum Gasteiger partial charge on any atom is 0.164 e. The molecule has 0 amide bonds. The molecule has 0 fully saturated rings. The zero-order valence-corrected chi connectivity index (χ0v) is 8.85. The second-order valence-electron chi connectivity index (χ2n) is 4.08. The van der Waals surface area contributed by atoms with Crippen molar-refractivity contribution in [2.45, 2.75) is 19.4 Å². The van der Waals surface area contributed by atoms with Crippen LogP contribution in [0.15, 0.2) is 18.2 Å². The van der Waals surface area contributed by atoms with Crippen molar-refractivity contribution in [1.29, 1.82) is 0 Å². The van der Waals surface area contributed by atoms with Crippen molar-refractivity contribution < 1.29 is 0 Å². The minimum atomic E-state index is 0.658. The van der Waals surface area contributed by atoms with E-state index in [-0.39, 0.29) is 0 Å². The van der Waals surface area contributed by atoms with Gasteiger partial charge in [0, 0.05) is 29.9 Å². The number of anilines is 2. The van der Waals surface area contributed by atoms with Crippen LogP contribution in [-0.2, 0) is 13.0 Å². The molecule has 0 bridgehead atoms. The Hall–Kier alpha value is -2.04. The molecule has 0 radical (unpaired) electrons. The molecule has 1 aromatic carbocycles. The summed E-state index contributed by atoms with van der Waals surface area (Å²) in [5.41, 5.74) is 13.8.